The van der Waals surface area contributed by atoms with Crippen LogP contribution < -0.4 is 0 Å². The number of rotatable bonds is 3. The third-order valence-corrected chi connectivity index (χ3v) is 4.57. The van der Waals surface area contributed by atoms with E-state index >= 15 is 0 Å². The summed E-state index contributed by atoms with van der Waals surface area (Å²) in [5, 5.41) is 21.1. The highest BCUT2D eigenvalue weighted by atomic mass is 16.6. The fraction of sp³-hybridized carbons (Fsp3) is 0.316. The van der Waals surface area contributed by atoms with Gasteiger partial charge in [-0.15, -0.1) is 0 Å². The highest BCUT2D eigenvalue weighted by Crippen LogP contribution is 2.32. The Hall–Kier alpha value is -2.93. The first-order valence-corrected chi connectivity index (χ1v) is 8.33. The van der Waals surface area contributed by atoms with E-state index in [1.54, 1.807) is 4.90 Å². The number of carbonyl (C=O) groups is 1. The minimum atomic E-state index is -0.704. The largest absolute Gasteiger partial charge is 0.502 e. The van der Waals surface area contributed by atoms with E-state index in [9.17, 15) is 20.0 Å². The van der Waals surface area contributed by atoms with Gasteiger partial charge in [0.25, 0.3) is 5.91 Å². The first kappa shape index (κ1) is 17.9. The Morgan fingerprint density at radius 2 is 2.08 bits per heavy atom. The van der Waals surface area contributed by atoms with E-state index in [-0.39, 0.29) is 11.7 Å². The molecule has 1 aliphatic heterocycles. The van der Waals surface area contributed by atoms with Crippen molar-refractivity contribution in [2.75, 3.05) is 19.7 Å². The van der Waals surface area contributed by atoms with E-state index in [0.29, 0.717) is 19.7 Å². The van der Waals surface area contributed by atoms with E-state index < -0.39 is 22.3 Å². The molecule has 1 aliphatic rings. The highest BCUT2D eigenvalue weighted by Gasteiger charge is 2.30. The number of amides is 1. The van der Waals surface area contributed by atoms with Crippen LogP contribution in [-0.2, 0) is 4.74 Å². The Kier molecular flexibility index (Phi) is 4.90. The lowest BCUT2D eigenvalue weighted by Crippen LogP contribution is -2.42. The van der Waals surface area contributed by atoms with Crippen LogP contribution in [0.4, 0.5) is 5.69 Å². The molecule has 1 amide bonds. The summed E-state index contributed by atoms with van der Waals surface area (Å²) in [5.41, 5.74) is 2.70. The van der Waals surface area contributed by atoms with Crippen molar-refractivity contribution in [3.8, 4) is 5.75 Å². The number of hydrogen-bond donors (Lipinski definition) is 1. The summed E-state index contributed by atoms with van der Waals surface area (Å²) in [7, 11) is 0. The monoisotopic (exact) mass is 356 g/mol. The lowest BCUT2D eigenvalue weighted by atomic mass is 9.99. The van der Waals surface area contributed by atoms with Crippen LogP contribution in [0.3, 0.4) is 0 Å². The number of aryl methyl sites for hydroxylation is 2. The molecular formula is C19H20N2O5. The molecule has 0 saturated carbocycles. The summed E-state index contributed by atoms with van der Waals surface area (Å²) in [6, 6.07) is 10.0. The Morgan fingerprint density at radius 3 is 2.77 bits per heavy atom. The fourth-order valence-electron chi connectivity index (χ4n) is 3.23. The van der Waals surface area contributed by atoms with Gasteiger partial charge in [0.2, 0.25) is 5.75 Å². The van der Waals surface area contributed by atoms with Gasteiger partial charge in [0.1, 0.15) is 6.10 Å². The summed E-state index contributed by atoms with van der Waals surface area (Å²) in [6.07, 6.45) is -0.269. The molecule has 1 saturated heterocycles. The number of nitro benzene ring substituents is 1. The summed E-state index contributed by atoms with van der Waals surface area (Å²) in [6.45, 7) is 5.06. The van der Waals surface area contributed by atoms with Crippen molar-refractivity contribution in [3.05, 3.63) is 68.8 Å². The van der Waals surface area contributed by atoms with Gasteiger partial charge < -0.3 is 14.7 Å². The van der Waals surface area contributed by atoms with Gasteiger partial charge in [0.05, 0.1) is 23.6 Å². The van der Waals surface area contributed by atoms with Crippen molar-refractivity contribution in [1.29, 1.82) is 0 Å². The molecule has 1 heterocycles. The molecule has 136 valence electrons. The third-order valence-electron chi connectivity index (χ3n) is 4.57. The van der Waals surface area contributed by atoms with Crippen LogP contribution in [0.5, 0.6) is 5.75 Å². The quantitative estimate of drug-likeness (QED) is 0.674. The van der Waals surface area contributed by atoms with Gasteiger partial charge in [0, 0.05) is 12.6 Å². The van der Waals surface area contributed by atoms with Crippen LogP contribution in [0.2, 0.25) is 0 Å². The molecule has 0 bridgehead atoms. The molecule has 1 atom stereocenters. The van der Waals surface area contributed by atoms with Gasteiger partial charge in [-0.25, -0.2) is 0 Å². The number of benzene rings is 2. The minimum Gasteiger partial charge on any atom is -0.502 e. The smallest absolute Gasteiger partial charge is 0.311 e. The number of phenolic OH excluding ortho intramolecular Hbond substituents is 1. The van der Waals surface area contributed by atoms with Gasteiger partial charge in [-0.1, -0.05) is 29.8 Å². The lowest BCUT2D eigenvalue weighted by molar-refractivity contribution is -0.385. The Labute approximate surface area is 151 Å². The van der Waals surface area contributed by atoms with Crippen LogP contribution in [0, 0.1) is 24.0 Å². The zero-order chi connectivity index (χ0) is 18.8. The Bertz CT molecular complexity index is 865. The molecule has 1 fully saturated rings. The van der Waals surface area contributed by atoms with Crippen molar-refractivity contribution in [2.45, 2.75) is 20.0 Å². The van der Waals surface area contributed by atoms with Gasteiger partial charge in [-0.2, -0.15) is 0 Å². The first-order valence-electron chi connectivity index (χ1n) is 8.33. The predicted octanol–water partition coefficient (Wildman–Crippen LogP) is 3.13. The van der Waals surface area contributed by atoms with Crippen LogP contribution in [-0.4, -0.2) is 40.5 Å². The van der Waals surface area contributed by atoms with E-state index in [1.165, 1.54) is 18.2 Å². The second kappa shape index (κ2) is 7.13. The van der Waals surface area contributed by atoms with Gasteiger partial charge in [0.15, 0.2) is 0 Å². The number of carbonyl (C=O) groups excluding carboxylic acids is 1. The molecule has 7 nitrogen and oxygen atoms in total. The van der Waals surface area contributed by atoms with Crippen LogP contribution in [0.15, 0.2) is 36.4 Å². The average Bonchev–Trinajstić information content (AvgIpc) is 2.61. The summed E-state index contributed by atoms with van der Waals surface area (Å²) < 4.78 is 5.83. The van der Waals surface area contributed by atoms with Gasteiger partial charge in [-0.3, -0.25) is 14.9 Å². The van der Waals surface area contributed by atoms with Crippen LogP contribution in [0.25, 0.3) is 0 Å². The number of hydrogen-bond acceptors (Lipinski definition) is 5. The zero-order valence-electron chi connectivity index (χ0n) is 14.6. The van der Waals surface area contributed by atoms with E-state index in [2.05, 4.69) is 6.07 Å². The average molecular weight is 356 g/mol. The second-order valence-corrected chi connectivity index (χ2v) is 6.40. The molecule has 26 heavy (non-hydrogen) atoms. The van der Waals surface area contributed by atoms with Crippen molar-refractivity contribution in [1.82, 2.24) is 4.90 Å². The molecule has 0 spiro atoms. The maximum absolute atomic E-state index is 12.8. The number of phenols is 1. The number of aromatic hydroxyl groups is 1. The molecule has 0 radical (unpaired) electrons. The Balaban J connectivity index is 1.85. The van der Waals surface area contributed by atoms with E-state index in [0.717, 1.165) is 16.7 Å². The molecule has 1 unspecified atom stereocenters. The van der Waals surface area contributed by atoms with Gasteiger partial charge >= 0.3 is 5.69 Å². The lowest BCUT2D eigenvalue weighted by Gasteiger charge is -2.34. The number of nitro groups is 1. The molecule has 2 aromatic carbocycles. The van der Waals surface area contributed by atoms with Crippen molar-refractivity contribution in [2.24, 2.45) is 0 Å². The fourth-order valence-corrected chi connectivity index (χ4v) is 3.23. The van der Waals surface area contributed by atoms with Crippen molar-refractivity contribution < 1.29 is 19.6 Å². The second-order valence-electron chi connectivity index (χ2n) is 6.40. The van der Waals surface area contributed by atoms with Gasteiger partial charge in [-0.05, 0) is 31.0 Å². The summed E-state index contributed by atoms with van der Waals surface area (Å²) >= 11 is 0. The number of morpholine rings is 1. The minimum absolute atomic E-state index is 0.0690. The number of nitrogens with zero attached hydrogens (tertiary/aromatic N) is 2. The standard InChI is InChI=1S/C19H20N2O5/c1-12-6-7-14(13(2)10-12)17-11-20(8-9-26-17)19(23)15-4-3-5-16(18(15)22)21(24)25/h3-7,10,17,22H,8-9,11H2,1-2H3. The SMILES string of the molecule is Cc1ccc(C2CN(C(=O)c3cccc([N+](=O)[O-])c3O)CCO2)c(C)c1. The third kappa shape index (κ3) is 3.39. The summed E-state index contributed by atoms with van der Waals surface area (Å²) in [5.74, 6) is -1.04. The molecule has 3 rings (SSSR count). The topological polar surface area (TPSA) is 92.9 Å². The first-order chi connectivity index (χ1) is 12.4. The van der Waals surface area contributed by atoms with Crippen molar-refractivity contribution >= 4 is 11.6 Å². The van der Waals surface area contributed by atoms with E-state index in [1.807, 2.05) is 26.0 Å². The van der Waals surface area contributed by atoms with Crippen molar-refractivity contribution in [3.63, 3.8) is 0 Å². The number of ether oxygens (including phenoxy) is 1. The molecule has 0 aliphatic carbocycles. The molecule has 1 N–H and O–H groups in total. The normalized spacial score (nSPS) is 17.2. The van der Waals surface area contributed by atoms with Crippen LogP contribution >= 0.6 is 0 Å². The maximum atomic E-state index is 12.8. The zero-order valence-corrected chi connectivity index (χ0v) is 14.6. The molecular weight excluding hydrogens is 336 g/mol. The Morgan fingerprint density at radius 1 is 1.31 bits per heavy atom. The maximum Gasteiger partial charge on any atom is 0.311 e. The van der Waals surface area contributed by atoms with E-state index in [4.69, 9.17) is 4.74 Å². The van der Waals surface area contributed by atoms with Crippen LogP contribution in [0.1, 0.15) is 33.2 Å². The molecule has 0 aromatic heterocycles. The number of para-hydroxylation sites is 1. The molecule has 7 heteroatoms. The predicted molar refractivity (Wildman–Crippen MR) is 95.3 cm³/mol. The highest BCUT2D eigenvalue weighted by molar-refractivity contribution is 5.98. The summed E-state index contributed by atoms with van der Waals surface area (Å²) in [4.78, 5) is 24.6. The molecule has 2 aromatic rings.